The number of rotatable bonds is 5. The maximum absolute atomic E-state index is 11.9. The zero-order chi connectivity index (χ0) is 14.8. The predicted octanol–water partition coefficient (Wildman–Crippen LogP) is 2.34. The van der Waals surface area contributed by atoms with Crippen molar-refractivity contribution in [1.29, 1.82) is 0 Å². The normalized spacial score (nSPS) is 9.55. The first-order valence-electron chi connectivity index (χ1n) is 7.00. The summed E-state index contributed by atoms with van der Waals surface area (Å²) in [6, 6.07) is 5.80. The number of nitrogens with one attached hydrogen (secondary N) is 1. The van der Waals surface area contributed by atoms with Gasteiger partial charge in [0.25, 0.3) is 5.56 Å². The van der Waals surface area contributed by atoms with E-state index in [2.05, 4.69) is 15.3 Å². The Balaban J connectivity index is 0.000000956. The van der Waals surface area contributed by atoms with Gasteiger partial charge in [-0.05, 0) is 19.1 Å². The second kappa shape index (κ2) is 8.85. The Hall–Kier alpha value is -2.17. The number of hydrogen-bond acceptors (Lipinski definition) is 4. The molecule has 2 aromatic rings. The lowest BCUT2D eigenvalue weighted by molar-refractivity contribution is 0.718. The molecule has 0 atom stereocenters. The van der Waals surface area contributed by atoms with E-state index >= 15 is 0 Å². The zero-order valence-corrected chi connectivity index (χ0v) is 12.3. The average molecular weight is 274 g/mol. The number of anilines is 1. The molecule has 0 bridgehead atoms. The molecule has 0 radical (unpaired) electrons. The van der Waals surface area contributed by atoms with Gasteiger partial charge in [0.05, 0.1) is 0 Å². The Morgan fingerprint density at radius 1 is 1.20 bits per heavy atom. The molecule has 2 aromatic heterocycles. The first-order valence-corrected chi connectivity index (χ1v) is 7.00. The lowest BCUT2D eigenvalue weighted by Gasteiger charge is -2.06. The first kappa shape index (κ1) is 15.9. The fraction of sp³-hybridized carbons (Fsp3) is 0.400. The SMILES string of the molecule is CC.CCn1ccnc(NCCc2ccccn2)c1=O. The van der Waals surface area contributed by atoms with Gasteiger partial charge in [0, 0.05) is 43.8 Å². The molecule has 5 heteroatoms. The zero-order valence-electron chi connectivity index (χ0n) is 12.3. The molecule has 0 saturated carbocycles. The fourth-order valence-corrected chi connectivity index (χ4v) is 1.67. The molecule has 0 aromatic carbocycles. The molecule has 0 aliphatic carbocycles. The largest absolute Gasteiger partial charge is 0.365 e. The molecule has 0 saturated heterocycles. The summed E-state index contributed by atoms with van der Waals surface area (Å²) >= 11 is 0. The highest BCUT2D eigenvalue weighted by molar-refractivity contribution is 5.30. The van der Waals surface area contributed by atoms with E-state index in [9.17, 15) is 4.79 Å². The van der Waals surface area contributed by atoms with Crippen LogP contribution in [-0.4, -0.2) is 21.1 Å². The monoisotopic (exact) mass is 274 g/mol. The fourth-order valence-electron chi connectivity index (χ4n) is 1.67. The smallest absolute Gasteiger partial charge is 0.293 e. The van der Waals surface area contributed by atoms with Gasteiger partial charge in [-0.2, -0.15) is 0 Å². The highest BCUT2D eigenvalue weighted by Gasteiger charge is 2.02. The summed E-state index contributed by atoms with van der Waals surface area (Å²) in [5.41, 5.74) is 0.915. The Bertz CT molecular complexity index is 551. The second-order valence-electron chi connectivity index (χ2n) is 3.86. The third-order valence-electron chi connectivity index (χ3n) is 2.65. The number of pyridine rings is 1. The van der Waals surface area contributed by atoms with Gasteiger partial charge in [-0.15, -0.1) is 0 Å². The molecule has 0 aliphatic heterocycles. The minimum Gasteiger partial charge on any atom is -0.365 e. The molecule has 2 heterocycles. The molecule has 0 spiro atoms. The lowest BCUT2D eigenvalue weighted by Crippen LogP contribution is -2.24. The third-order valence-corrected chi connectivity index (χ3v) is 2.65. The van der Waals surface area contributed by atoms with Crippen LogP contribution >= 0.6 is 0 Å². The molecule has 0 amide bonds. The minimum absolute atomic E-state index is 0.0824. The van der Waals surface area contributed by atoms with Crippen LogP contribution in [0.2, 0.25) is 0 Å². The first-order chi connectivity index (χ1) is 9.81. The van der Waals surface area contributed by atoms with Crippen molar-refractivity contribution < 1.29 is 0 Å². The van der Waals surface area contributed by atoms with Crippen molar-refractivity contribution in [3.63, 3.8) is 0 Å². The van der Waals surface area contributed by atoms with Crippen LogP contribution in [-0.2, 0) is 13.0 Å². The van der Waals surface area contributed by atoms with Gasteiger partial charge in [0.1, 0.15) is 0 Å². The van der Waals surface area contributed by atoms with Crippen LogP contribution in [0.5, 0.6) is 0 Å². The molecule has 0 fully saturated rings. The van der Waals surface area contributed by atoms with E-state index in [1.807, 2.05) is 39.0 Å². The molecule has 20 heavy (non-hydrogen) atoms. The van der Waals surface area contributed by atoms with Gasteiger partial charge in [-0.1, -0.05) is 19.9 Å². The van der Waals surface area contributed by atoms with Crippen molar-refractivity contribution >= 4 is 5.82 Å². The standard InChI is InChI=1S/C13H16N4O.C2H6/c1-2-17-10-9-16-12(13(17)18)15-8-6-11-5-3-4-7-14-11;1-2/h3-5,7,9-10H,2,6,8H2,1H3,(H,15,16);1-2H3. The number of aryl methyl sites for hydroxylation is 1. The average Bonchev–Trinajstić information content (AvgIpc) is 2.52. The predicted molar refractivity (Wildman–Crippen MR) is 81.9 cm³/mol. The maximum atomic E-state index is 11.9. The van der Waals surface area contributed by atoms with Crippen LogP contribution in [0.4, 0.5) is 5.82 Å². The van der Waals surface area contributed by atoms with E-state index in [1.54, 1.807) is 23.2 Å². The summed E-state index contributed by atoms with van der Waals surface area (Å²) in [6.07, 6.45) is 5.85. The van der Waals surface area contributed by atoms with E-state index in [-0.39, 0.29) is 5.56 Å². The maximum Gasteiger partial charge on any atom is 0.293 e. The van der Waals surface area contributed by atoms with Crippen molar-refractivity contribution in [2.75, 3.05) is 11.9 Å². The van der Waals surface area contributed by atoms with Gasteiger partial charge in [-0.25, -0.2) is 4.98 Å². The van der Waals surface area contributed by atoms with Gasteiger partial charge >= 0.3 is 0 Å². The highest BCUT2D eigenvalue weighted by Crippen LogP contribution is 1.97. The molecule has 2 rings (SSSR count). The molecule has 0 aliphatic rings. The van der Waals surface area contributed by atoms with Crippen LogP contribution in [0.25, 0.3) is 0 Å². The summed E-state index contributed by atoms with van der Waals surface area (Å²) in [7, 11) is 0. The lowest BCUT2D eigenvalue weighted by atomic mass is 10.3. The molecule has 0 unspecified atom stereocenters. The van der Waals surface area contributed by atoms with Crippen LogP contribution in [0.1, 0.15) is 26.5 Å². The summed E-state index contributed by atoms with van der Waals surface area (Å²) in [6.45, 7) is 7.22. The van der Waals surface area contributed by atoms with Crippen LogP contribution < -0.4 is 10.9 Å². The highest BCUT2D eigenvalue weighted by atomic mass is 16.1. The van der Waals surface area contributed by atoms with Crippen molar-refractivity contribution in [1.82, 2.24) is 14.5 Å². The molecule has 5 nitrogen and oxygen atoms in total. The van der Waals surface area contributed by atoms with E-state index in [4.69, 9.17) is 0 Å². The van der Waals surface area contributed by atoms with Gasteiger partial charge in [-0.3, -0.25) is 9.78 Å². The van der Waals surface area contributed by atoms with Crippen LogP contribution in [0.15, 0.2) is 41.6 Å². The molecular formula is C15H22N4O. The summed E-state index contributed by atoms with van der Waals surface area (Å²) in [5, 5.41) is 3.05. The van der Waals surface area contributed by atoms with E-state index in [0.717, 1.165) is 12.1 Å². The number of hydrogen-bond donors (Lipinski definition) is 1. The number of nitrogens with zero attached hydrogens (tertiary/aromatic N) is 3. The molecule has 108 valence electrons. The summed E-state index contributed by atoms with van der Waals surface area (Å²) in [5.74, 6) is 0.398. The van der Waals surface area contributed by atoms with Crippen LogP contribution in [0.3, 0.4) is 0 Å². The molecular weight excluding hydrogens is 252 g/mol. The summed E-state index contributed by atoms with van der Waals surface area (Å²) < 4.78 is 1.62. The minimum atomic E-state index is -0.0824. The quantitative estimate of drug-likeness (QED) is 0.909. The van der Waals surface area contributed by atoms with Crippen molar-refractivity contribution in [2.45, 2.75) is 33.7 Å². The Morgan fingerprint density at radius 2 is 2.00 bits per heavy atom. The van der Waals surface area contributed by atoms with E-state index in [0.29, 0.717) is 18.9 Å². The Labute approximate surface area is 119 Å². The molecule has 1 N–H and O–H groups in total. The van der Waals surface area contributed by atoms with Gasteiger partial charge in [0.2, 0.25) is 0 Å². The third kappa shape index (κ3) is 4.50. The second-order valence-corrected chi connectivity index (χ2v) is 3.86. The van der Waals surface area contributed by atoms with Crippen molar-refractivity contribution in [3.05, 3.63) is 52.8 Å². The van der Waals surface area contributed by atoms with E-state index < -0.39 is 0 Å². The topological polar surface area (TPSA) is 59.8 Å². The Morgan fingerprint density at radius 3 is 2.65 bits per heavy atom. The van der Waals surface area contributed by atoms with E-state index in [1.165, 1.54) is 0 Å². The summed E-state index contributed by atoms with van der Waals surface area (Å²) in [4.78, 5) is 20.1. The van der Waals surface area contributed by atoms with Gasteiger partial charge < -0.3 is 9.88 Å². The number of aromatic nitrogens is 3. The van der Waals surface area contributed by atoms with Gasteiger partial charge in [0.15, 0.2) is 5.82 Å². The van der Waals surface area contributed by atoms with Crippen LogP contribution in [0, 0.1) is 0 Å². The Kier molecular flexibility index (Phi) is 7.03. The van der Waals surface area contributed by atoms with Crippen molar-refractivity contribution in [2.24, 2.45) is 0 Å². The van der Waals surface area contributed by atoms with Crippen molar-refractivity contribution in [3.8, 4) is 0 Å².